The highest BCUT2D eigenvalue weighted by molar-refractivity contribution is 5.26. The minimum absolute atomic E-state index is 0.293. The first-order chi connectivity index (χ1) is 14.5. The summed E-state index contributed by atoms with van der Waals surface area (Å²) in [5.41, 5.74) is 3.37. The Morgan fingerprint density at radius 3 is 2.33 bits per heavy atom. The first-order valence-corrected chi connectivity index (χ1v) is 10.5. The Bertz CT molecular complexity index is 869. The number of hydrogen-bond donors (Lipinski definition) is 0. The average molecular weight is 412 g/mol. The van der Waals surface area contributed by atoms with Gasteiger partial charge in [0, 0.05) is 0 Å². The summed E-state index contributed by atoms with van der Waals surface area (Å²) >= 11 is 0. The van der Waals surface area contributed by atoms with Crippen LogP contribution in [0.15, 0.2) is 54.6 Å². The summed E-state index contributed by atoms with van der Waals surface area (Å²) in [4.78, 5) is 0. The number of fused-ring (bicyclic) bond motifs is 3. The predicted octanol–water partition coefficient (Wildman–Crippen LogP) is 3.57. The Morgan fingerprint density at radius 1 is 0.933 bits per heavy atom. The van der Waals surface area contributed by atoms with Crippen LogP contribution in [0, 0.1) is 0 Å². The van der Waals surface area contributed by atoms with Gasteiger partial charge in [0.2, 0.25) is 5.79 Å². The maximum atomic E-state index is 6.42. The normalized spacial score (nSPS) is 32.4. The van der Waals surface area contributed by atoms with Gasteiger partial charge >= 0.3 is 0 Å². The van der Waals surface area contributed by atoms with E-state index in [4.69, 9.17) is 28.4 Å². The van der Waals surface area contributed by atoms with Crippen molar-refractivity contribution in [2.45, 2.75) is 63.6 Å². The molecule has 0 radical (unpaired) electrons. The van der Waals surface area contributed by atoms with E-state index in [1.807, 2.05) is 56.3 Å². The third-order valence-corrected chi connectivity index (χ3v) is 5.85. The van der Waals surface area contributed by atoms with Crippen molar-refractivity contribution in [3.63, 3.8) is 0 Å². The number of benzene rings is 2. The molecule has 5 rings (SSSR count). The molecule has 3 heterocycles. The van der Waals surface area contributed by atoms with Crippen molar-refractivity contribution in [3.8, 4) is 0 Å². The maximum Gasteiger partial charge on any atom is 0.224 e. The van der Waals surface area contributed by atoms with E-state index in [1.54, 1.807) is 0 Å². The molecule has 2 aromatic rings. The van der Waals surface area contributed by atoms with Gasteiger partial charge in [-0.3, -0.25) is 0 Å². The Balaban J connectivity index is 1.35. The van der Waals surface area contributed by atoms with E-state index in [0.717, 1.165) is 16.7 Å². The van der Waals surface area contributed by atoms with Gasteiger partial charge in [0.1, 0.15) is 24.9 Å². The number of hydrogen-bond acceptors (Lipinski definition) is 6. The van der Waals surface area contributed by atoms with Crippen molar-refractivity contribution < 1.29 is 28.4 Å². The van der Waals surface area contributed by atoms with Crippen LogP contribution in [0.25, 0.3) is 0 Å². The largest absolute Gasteiger partial charge is 0.374 e. The van der Waals surface area contributed by atoms with Crippen LogP contribution in [0.4, 0.5) is 0 Å². The lowest BCUT2D eigenvalue weighted by molar-refractivity contribution is -0.278. The molecule has 0 aliphatic carbocycles. The smallest absolute Gasteiger partial charge is 0.224 e. The molecular weight excluding hydrogens is 384 g/mol. The van der Waals surface area contributed by atoms with E-state index < -0.39 is 17.7 Å². The van der Waals surface area contributed by atoms with Gasteiger partial charge in [0.05, 0.1) is 26.4 Å². The molecule has 0 N–H and O–H groups in total. The van der Waals surface area contributed by atoms with Crippen LogP contribution < -0.4 is 0 Å². The standard InChI is InChI=1S/C24H28O6/c1-23(2)28-16-24(30-23)22-21(26-13-18-10-6-7-11-19(18)14-27-22)20(29-24)15-25-12-17-8-4-3-5-9-17/h3-11,20-22H,12-16H2,1-2H3/t20-,21-,22+,24+/m1/s1. The van der Waals surface area contributed by atoms with Gasteiger partial charge in [-0.15, -0.1) is 0 Å². The van der Waals surface area contributed by atoms with Crippen LogP contribution in [0.1, 0.15) is 30.5 Å². The molecule has 0 unspecified atom stereocenters. The van der Waals surface area contributed by atoms with Crippen molar-refractivity contribution in [1.82, 2.24) is 0 Å². The zero-order chi connectivity index (χ0) is 20.6. The van der Waals surface area contributed by atoms with Crippen molar-refractivity contribution in [2.75, 3.05) is 13.2 Å². The Labute approximate surface area is 177 Å². The summed E-state index contributed by atoms with van der Waals surface area (Å²) in [7, 11) is 0. The van der Waals surface area contributed by atoms with Crippen LogP contribution >= 0.6 is 0 Å². The van der Waals surface area contributed by atoms with Gasteiger partial charge in [-0.2, -0.15) is 0 Å². The average Bonchev–Trinajstić information content (AvgIpc) is 3.18. The summed E-state index contributed by atoms with van der Waals surface area (Å²) in [5.74, 6) is -1.74. The summed E-state index contributed by atoms with van der Waals surface area (Å²) < 4.78 is 37.2. The molecule has 4 atom stereocenters. The molecule has 2 aromatic carbocycles. The van der Waals surface area contributed by atoms with Crippen molar-refractivity contribution >= 4 is 0 Å². The fraction of sp³-hybridized carbons (Fsp3) is 0.500. The monoisotopic (exact) mass is 412 g/mol. The highest BCUT2D eigenvalue weighted by Gasteiger charge is 2.63. The van der Waals surface area contributed by atoms with E-state index >= 15 is 0 Å². The molecule has 6 heteroatoms. The predicted molar refractivity (Wildman–Crippen MR) is 108 cm³/mol. The third-order valence-electron chi connectivity index (χ3n) is 5.85. The molecule has 0 bridgehead atoms. The van der Waals surface area contributed by atoms with Crippen molar-refractivity contribution in [2.24, 2.45) is 0 Å². The zero-order valence-corrected chi connectivity index (χ0v) is 17.4. The van der Waals surface area contributed by atoms with Gasteiger partial charge in [0.15, 0.2) is 5.79 Å². The van der Waals surface area contributed by atoms with Crippen molar-refractivity contribution in [3.05, 3.63) is 71.3 Å². The van der Waals surface area contributed by atoms with Gasteiger partial charge in [-0.25, -0.2) is 0 Å². The second-order valence-electron chi connectivity index (χ2n) is 8.54. The van der Waals surface area contributed by atoms with Crippen LogP contribution in [0.5, 0.6) is 0 Å². The quantitative estimate of drug-likeness (QED) is 0.765. The second-order valence-corrected chi connectivity index (χ2v) is 8.54. The molecule has 6 nitrogen and oxygen atoms in total. The van der Waals surface area contributed by atoms with Gasteiger partial charge in [-0.05, 0) is 30.5 Å². The Kier molecular flexibility index (Phi) is 5.39. The highest BCUT2D eigenvalue weighted by atomic mass is 16.9. The topological polar surface area (TPSA) is 55.4 Å². The van der Waals surface area contributed by atoms with E-state index in [9.17, 15) is 0 Å². The zero-order valence-electron chi connectivity index (χ0n) is 17.4. The highest BCUT2D eigenvalue weighted by Crippen LogP contribution is 2.45. The second kappa shape index (κ2) is 8.04. The maximum absolute atomic E-state index is 6.42. The lowest BCUT2D eigenvalue weighted by atomic mass is 10.0. The third kappa shape index (κ3) is 3.91. The summed E-state index contributed by atoms with van der Waals surface area (Å²) in [6.07, 6.45) is -1.04. The fourth-order valence-electron chi connectivity index (χ4n) is 4.40. The van der Waals surface area contributed by atoms with Crippen LogP contribution in [0.2, 0.25) is 0 Å². The fourth-order valence-corrected chi connectivity index (χ4v) is 4.40. The molecule has 2 fully saturated rings. The molecule has 0 saturated carbocycles. The molecule has 30 heavy (non-hydrogen) atoms. The molecule has 3 aliphatic heterocycles. The Morgan fingerprint density at radius 2 is 1.63 bits per heavy atom. The SMILES string of the molecule is CC1(C)OC[C@]2(O[C@H](COCc3ccccc3)[C@H]3OCc4ccccc4CO[C@@H]32)O1. The molecule has 0 aromatic heterocycles. The van der Waals surface area contributed by atoms with E-state index in [0.29, 0.717) is 33.0 Å². The summed E-state index contributed by atoms with van der Waals surface area (Å²) in [5, 5.41) is 0. The lowest BCUT2D eigenvalue weighted by Crippen LogP contribution is -2.49. The summed E-state index contributed by atoms with van der Waals surface area (Å²) in [6, 6.07) is 18.3. The van der Waals surface area contributed by atoms with Gasteiger partial charge < -0.3 is 28.4 Å². The molecule has 2 saturated heterocycles. The van der Waals surface area contributed by atoms with Gasteiger partial charge in [0.25, 0.3) is 0 Å². The van der Waals surface area contributed by atoms with E-state index in [-0.39, 0.29) is 12.2 Å². The van der Waals surface area contributed by atoms with Crippen LogP contribution in [-0.2, 0) is 48.2 Å². The first kappa shape index (κ1) is 20.1. The lowest BCUT2D eigenvalue weighted by Gasteiger charge is -2.32. The molecular formula is C24H28O6. The van der Waals surface area contributed by atoms with Crippen LogP contribution in [0.3, 0.4) is 0 Å². The number of rotatable bonds is 4. The first-order valence-electron chi connectivity index (χ1n) is 10.5. The van der Waals surface area contributed by atoms with Gasteiger partial charge in [-0.1, -0.05) is 54.6 Å². The molecule has 160 valence electrons. The minimum atomic E-state index is -0.999. The molecule has 3 aliphatic rings. The van der Waals surface area contributed by atoms with Crippen LogP contribution in [-0.4, -0.2) is 43.1 Å². The van der Waals surface area contributed by atoms with E-state index in [2.05, 4.69) is 12.1 Å². The Hall–Kier alpha value is -1.80. The summed E-state index contributed by atoms with van der Waals surface area (Å²) in [6.45, 7) is 5.94. The molecule has 1 spiro atoms. The van der Waals surface area contributed by atoms with E-state index in [1.165, 1.54) is 0 Å². The molecule has 0 amide bonds. The van der Waals surface area contributed by atoms with Crippen molar-refractivity contribution in [1.29, 1.82) is 0 Å². The minimum Gasteiger partial charge on any atom is -0.374 e. The number of ether oxygens (including phenoxy) is 6.